The van der Waals surface area contributed by atoms with Crippen LogP contribution in [-0.2, 0) is 4.74 Å². The van der Waals surface area contributed by atoms with Gasteiger partial charge in [0.1, 0.15) is 38.8 Å². The van der Waals surface area contributed by atoms with Gasteiger partial charge in [-0.2, -0.15) is 0 Å². The molecule has 2 N–H and O–H groups in total. The molecule has 0 saturated heterocycles. The zero-order chi connectivity index (χ0) is 33.8. The average molecular weight is 671 g/mol. The molecule has 0 bridgehead atoms. The Morgan fingerprint density at radius 3 is 2.13 bits per heavy atom. The van der Waals surface area contributed by atoms with Crippen LogP contribution >= 0.6 is 23.2 Å². The topological polar surface area (TPSA) is 155 Å². The molecule has 1 aliphatic heterocycles. The number of rotatable bonds is 3. The molecule has 46 heavy (non-hydrogen) atoms. The second kappa shape index (κ2) is 12.1. The fourth-order valence-electron chi connectivity index (χ4n) is 5.13. The fraction of sp³-hybridized carbons (Fsp3) is 0.242. The van der Waals surface area contributed by atoms with E-state index >= 15 is 0 Å². The minimum absolute atomic E-state index is 0.0131. The molecule has 5 aromatic rings. The number of fused-ring (bicyclic) bond motifs is 4. The van der Waals surface area contributed by atoms with Crippen LogP contribution in [0.2, 0.25) is 10.0 Å². The third-order valence-corrected chi connectivity index (χ3v) is 8.34. The first-order valence-corrected chi connectivity index (χ1v) is 14.6. The first-order valence-electron chi connectivity index (χ1n) is 13.8. The molecule has 3 aromatic carbocycles. The minimum atomic E-state index is -0.835. The summed E-state index contributed by atoms with van der Waals surface area (Å²) in [6.45, 7) is 8.51. The van der Waals surface area contributed by atoms with Crippen LogP contribution in [0.4, 0.5) is 0 Å². The van der Waals surface area contributed by atoms with Crippen molar-refractivity contribution < 1.29 is 47.6 Å². The Bertz CT molecular complexity index is 2140. The Morgan fingerprint density at radius 1 is 0.826 bits per heavy atom. The number of aromatic hydroxyl groups is 2. The van der Waals surface area contributed by atoms with Gasteiger partial charge in [-0.1, -0.05) is 37.0 Å². The van der Waals surface area contributed by atoms with E-state index in [9.17, 15) is 24.6 Å². The van der Waals surface area contributed by atoms with Gasteiger partial charge in [-0.05, 0) is 38.5 Å². The largest absolute Gasteiger partial charge is 0.507 e. The molecule has 0 saturated carbocycles. The zero-order valence-corrected chi connectivity index (χ0v) is 27.2. The molecular formula is C33H28Cl2O11. The van der Waals surface area contributed by atoms with Gasteiger partial charge in [0.15, 0.2) is 28.7 Å². The van der Waals surface area contributed by atoms with Crippen LogP contribution in [0.15, 0.2) is 37.9 Å². The molecule has 11 nitrogen and oxygen atoms in total. The minimum Gasteiger partial charge on any atom is -0.507 e. The maximum atomic E-state index is 12.7. The monoisotopic (exact) mass is 670 g/mol. The summed E-state index contributed by atoms with van der Waals surface area (Å²) in [5.74, 6) is -0.967. The molecule has 0 atom stereocenters. The first kappa shape index (κ1) is 32.5. The molecular weight excluding hydrogens is 643 g/mol. The molecule has 3 heterocycles. The molecule has 0 amide bonds. The van der Waals surface area contributed by atoms with Gasteiger partial charge < -0.3 is 38.0 Å². The maximum absolute atomic E-state index is 12.7. The van der Waals surface area contributed by atoms with Crippen LogP contribution in [0.1, 0.15) is 62.9 Å². The lowest BCUT2D eigenvalue weighted by Gasteiger charge is -2.17. The van der Waals surface area contributed by atoms with Gasteiger partial charge in [0.2, 0.25) is 0 Å². The van der Waals surface area contributed by atoms with Crippen molar-refractivity contribution in [3.05, 3.63) is 78.3 Å². The Labute approximate surface area is 271 Å². The van der Waals surface area contributed by atoms with Crippen LogP contribution in [-0.4, -0.2) is 36.4 Å². The van der Waals surface area contributed by atoms with Gasteiger partial charge in [0.25, 0.3) is 0 Å². The molecule has 240 valence electrons. The number of phenols is 2. The summed E-state index contributed by atoms with van der Waals surface area (Å²) in [6.07, 6.45) is 0. The molecule has 0 aliphatic carbocycles. The van der Waals surface area contributed by atoms with Gasteiger partial charge in [0.05, 0.1) is 24.6 Å². The Hall–Kier alpha value is -4.87. The summed E-state index contributed by atoms with van der Waals surface area (Å²) in [5.41, 5.74) is 1.09. The van der Waals surface area contributed by atoms with E-state index in [2.05, 4.69) is 0 Å². The van der Waals surface area contributed by atoms with Crippen molar-refractivity contribution in [1.29, 1.82) is 0 Å². The van der Waals surface area contributed by atoms with Gasteiger partial charge in [-0.3, -0.25) is 0 Å². The van der Waals surface area contributed by atoms with Crippen LogP contribution < -0.4 is 19.8 Å². The highest BCUT2D eigenvalue weighted by Gasteiger charge is 2.35. The number of esters is 2. The van der Waals surface area contributed by atoms with E-state index in [4.69, 9.17) is 51.0 Å². The van der Waals surface area contributed by atoms with E-state index in [1.165, 1.54) is 33.9 Å². The molecule has 0 radical (unpaired) electrons. The Balaban J connectivity index is 0.000000192. The number of furan rings is 1. The SMILES string of the molecule is COC(=O)c1c(C)c2c(c(C)c1O)OC(=O)c1c(C)c(Cl)c(O)c(Cl)c1O2.COc1c(C(C)C)oc2cc3oc(=O)ccc3cc12. The Morgan fingerprint density at radius 2 is 1.50 bits per heavy atom. The van der Waals surface area contributed by atoms with Crippen LogP contribution in [0.3, 0.4) is 0 Å². The fourth-order valence-corrected chi connectivity index (χ4v) is 5.59. The van der Waals surface area contributed by atoms with Crippen molar-refractivity contribution in [2.45, 2.75) is 40.5 Å². The number of phenolic OH excluding ortho intramolecular Hbond substituents is 2. The van der Waals surface area contributed by atoms with E-state index in [1.807, 2.05) is 19.9 Å². The van der Waals surface area contributed by atoms with E-state index < -0.39 is 23.4 Å². The predicted octanol–water partition coefficient (Wildman–Crippen LogP) is 8.11. The maximum Gasteiger partial charge on any atom is 0.347 e. The highest BCUT2D eigenvalue weighted by molar-refractivity contribution is 6.39. The third-order valence-electron chi connectivity index (χ3n) is 7.53. The van der Waals surface area contributed by atoms with E-state index in [-0.39, 0.29) is 66.7 Å². The number of halogens is 2. The highest BCUT2D eigenvalue weighted by Crippen LogP contribution is 2.52. The van der Waals surface area contributed by atoms with Gasteiger partial charge >= 0.3 is 17.6 Å². The summed E-state index contributed by atoms with van der Waals surface area (Å²) in [5, 5.41) is 21.8. The number of carbonyl (C=O) groups excluding carboxylic acids is 2. The number of methoxy groups -OCH3 is 2. The van der Waals surface area contributed by atoms with E-state index in [0.29, 0.717) is 11.2 Å². The number of benzene rings is 3. The average Bonchev–Trinajstić information content (AvgIpc) is 3.30. The third kappa shape index (κ3) is 5.25. The lowest BCUT2D eigenvalue weighted by Crippen LogP contribution is -2.11. The summed E-state index contributed by atoms with van der Waals surface area (Å²) < 4.78 is 32.3. The molecule has 13 heteroatoms. The molecule has 0 unspecified atom stereocenters. The predicted molar refractivity (Wildman–Crippen MR) is 170 cm³/mol. The van der Waals surface area contributed by atoms with Crippen molar-refractivity contribution in [3.8, 4) is 34.5 Å². The quantitative estimate of drug-likeness (QED) is 0.109. The Kier molecular flexibility index (Phi) is 8.59. The smallest absolute Gasteiger partial charge is 0.347 e. The molecule has 6 rings (SSSR count). The lowest BCUT2D eigenvalue weighted by atomic mass is 10.0. The van der Waals surface area contributed by atoms with Crippen molar-refractivity contribution >= 4 is 57.1 Å². The molecule has 2 aromatic heterocycles. The normalized spacial score (nSPS) is 12.1. The summed E-state index contributed by atoms with van der Waals surface area (Å²) in [4.78, 5) is 36.0. The molecule has 0 spiro atoms. The number of hydrogen-bond donors (Lipinski definition) is 2. The van der Waals surface area contributed by atoms with Gasteiger partial charge in [-0.15, -0.1) is 0 Å². The zero-order valence-electron chi connectivity index (χ0n) is 25.7. The standard InChI is InChI=1S/C18H14Cl2O7.C15H14O4/c1-5-9-16(11(20)13(22)10(5)19)26-14-6(2)8(17(23)25-4)12(21)7(3)15(14)27-18(9)24;1-8(2)14-15(17-3)10-6-9-4-5-13(16)18-11(9)7-12(10)19-14/h21-22H,1-4H3;4-8H,1-3H3. The summed E-state index contributed by atoms with van der Waals surface area (Å²) >= 11 is 12.2. The van der Waals surface area contributed by atoms with Gasteiger partial charge in [-0.25, -0.2) is 14.4 Å². The highest BCUT2D eigenvalue weighted by atomic mass is 35.5. The van der Waals surface area contributed by atoms with Crippen LogP contribution in [0.5, 0.6) is 34.5 Å². The van der Waals surface area contributed by atoms with Crippen LogP contribution in [0, 0.1) is 20.8 Å². The van der Waals surface area contributed by atoms with Gasteiger partial charge in [0, 0.05) is 34.6 Å². The second-order valence-corrected chi connectivity index (χ2v) is 11.5. The lowest BCUT2D eigenvalue weighted by molar-refractivity contribution is 0.0596. The second-order valence-electron chi connectivity index (χ2n) is 10.7. The summed E-state index contributed by atoms with van der Waals surface area (Å²) in [6, 6.07) is 6.80. The van der Waals surface area contributed by atoms with E-state index in [0.717, 1.165) is 22.3 Å². The number of carbonyl (C=O) groups is 2. The van der Waals surface area contributed by atoms with Crippen LogP contribution in [0.25, 0.3) is 21.9 Å². The molecule has 0 fully saturated rings. The molecule has 1 aliphatic rings. The summed E-state index contributed by atoms with van der Waals surface area (Å²) in [7, 11) is 2.80. The number of ether oxygens (including phenoxy) is 4. The van der Waals surface area contributed by atoms with Crippen molar-refractivity contribution in [3.63, 3.8) is 0 Å². The van der Waals surface area contributed by atoms with Crippen molar-refractivity contribution in [2.24, 2.45) is 0 Å². The van der Waals surface area contributed by atoms with Crippen molar-refractivity contribution in [1.82, 2.24) is 0 Å². The van der Waals surface area contributed by atoms with E-state index in [1.54, 1.807) is 19.2 Å². The van der Waals surface area contributed by atoms with Crippen molar-refractivity contribution in [2.75, 3.05) is 14.2 Å². The number of hydrogen-bond acceptors (Lipinski definition) is 11. The first-order chi connectivity index (χ1) is 21.7.